The maximum absolute atomic E-state index is 11.9. The summed E-state index contributed by atoms with van der Waals surface area (Å²) in [6.45, 7) is 6.34. The first-order valence-electron chi connectivity index (χ1n) is 6.60. The molecule has 19 heavy (non-hydrogen) atoms. The van der Waals surface area contributed by atoms with Gasteiger partial charge in [0.15, 0.2) is 0 Å². The Morgan fingerprint density at radius 3 is 2.58 bits per heavy atom. The van der Waals surface area contributed by atoms with Crippen molar-refractivity contribution >= 4 is 6.09 Å². The predicted octanol–water partition coefficient (Wildman–Crippen LogP) is 3.04. The third-order valence-corrected chi connectivity index (χ3v) is 2.79. The average molecular weight is 263 g/mol. The number of alkyl carbamates (subject to hydrolysis) is 1. The van der Waals surface area contributed by atoms with Gasteiger partial charge in [0.2, 0.25) is 0 Å². The molecule has 0 radical (unpaired) electrons. The second-order valence-corrected chi connectivity index (χ2v) is 5.80. The van der Waals surface area contributed by atoms with Crippen molar-refractivity contribution in [2.75, 3.05) is 6.61 Å². The van der Waals surface area contributed by atoms with Crippen molar-refractivity contribution in [3.05, 3.63) is 35.9 Å². The molecule has 1 fully saturated rings. The maximum Gasteiger partial charge on any atom is 0.408 e. The van der Waals surface area contributed by atoms with Crippen LogP contribution in [-0.4, -0.2) is 24.4 Å². The fraction of sp³-hybridized carbons (Fsp3) is 0.533. The van der Waals surface area contributed by atoms with Gasteiger partial charge in [0, 0.05) is 6.42 Å². The van der Waals surface area contributed by atoms with Crippen LogP contribution in [-0.2, 0) is 9.47 Å². The molecular formula is C15H21NO3. The van der Waals surface area contributed by atoms with Crippen molar-refractivity contribution in [3.63, 3.8) is 0 Å². The van der Waals surface area contributed by atoms with Crippen LogP contribution >= 0.6 is 0 Å². The van der Waals surface area contributed by atoms with E-state index in [9.17, 15) is 4.79 Å². The molecule has 1 aliphatic heterocycles. The smallest absolute Gasteiger partial charge is 0.408 e. The summed E-state index contributed by atoms with van der Waals surface area (Å²) in [5, 5.41) is 2.92. The van der Waals surface area contributed by atoms with Crippen molar-refractivity contribution < 1.29 is 14.3 Å². The Labute approximate surface area is 114 Å². The van der Waals surface area contributed by atoms with Gasteiger partial charge >= 0.3 is 6.09 Å². The van der Waals surface area contributed by atoms with Gasteiger partial charge in [0.05, 0.1) is 18.8 Å². The van der Waals surface area contributed by atoms with Crippen LogP contribution in [0.25, 0.3) is 0 Å². The van der Waals surface area contributed by atoms with Gasteiger partial charge in [-0.15, -0.1) is 0 Å². The Morgan fingerprint density at radius 1 is 1.42 bits per heavy atom. The second-order valence-electron chi connectivity index (χ2n) is 5.80. The zero-order valence-electron chi connectivity index (χ0n) is 11.7. The van der Waals surface area contributed by atoms with E-state index in [-0.39, 0.29) is 18.2 Å². The zero-order valence-corrected chi connectivity index (χ0v) is 11.7. The van der Waals surface area contributed by atoms with Crippen molar-refractivity contribution in [1.29, 1.82) is 0 Å². The van der Waals surface area contributed by atoms with Gasteiger partial charge in [-0.3, -0.25) is 0 Å². The van der Waals surface area contributed by atoms with Crippen molar-refractivity contribution in [3.8, 4) is 0 Å². The SMILES string of the molecule is CC(C)(C)OC(=O)N[C@@H](C[C@H]1CO1)c1ccccc1. The van der Waals surface area contributed by atoms with Crippen LogP contribution in [0.4, 0.5) is 4.79 Å². The van der Waals surface area contributed by atoms with Crippen LogP contribution in [0.3, 0.4) is 0 Å². The lowest BCUT2D eigenvalue weighted by molar-refractivity contribution is 0.0499. The Bertz CT molecular complexity index is 421. The van der Waals surface area contributed by atoms with E-state index in [0.29, 0.717) is 0 Å². The largest absolute Gasteiger partial charge is 0.444 e. The first-order chi connectivity index (χ1) is 8.94. The third kappa shape index (κ3) is 4.91. The van der Waals surface area contributed by atoms with Gasteiger partial charge in [-0.25, -0.2) is 4.79 Å². The van der Waals surface area contributed by atoms with E-state index >= 15 is 0 Å². The number of ether oxygens (including phenoxy) is 2. The van der Waals surface area contributed by atoms with Crippen LogP contribution < -0.4 is 5.32 Å². The van der Waals surface area contributed by atoms with Crippen molar-refractivity contribution in [2.24, 2.45) is 0 Å². The molecule has 4 heteroatoms. The minimum Gasteiger partial charge on any atom is -0.444 e. The summed E-state index contributed by atoms with van der Waals surface area (Å²) in [5.74, 6) is 0. The fourth-order valence-electron chi connectivity index (χ4n) is 1.88. The molecule has 2 atom stereocenters. The summed E-state index contributed by atoms with van der Waals surface area (Å²) in [6.07, 6.45) is 0.644. The summed E-state index contributed by atoms with van der Waals surface area (Å²) in [7, 11) is 0. The quantitative estimate of drug-likeness (QED) is 0.849. The average Bonchev–Trinajstić information content (AvgIpc) is 3.11. The lowest BCUT2D eigenvalue weighted by Crippen LogP contribution is -2.35. The van der Waals surface area contributed by atoms with E-state index in [4.69, 9.17) is 9.47 Å². The van der Waals surface area contributed by atoms with Crippen LogP contribution in [0.2, 0.25) is 0 Å². The molecule has 0 spiro atoms. The van der Waals surface area contributed by atoms with E-state index in [1.807, 2.05) is 51.1 Å². The number of nitrogens with one attached hydrogen (secondary N) is 1. The molecule has 0 aromatic heterocycles. The van der Waals surface area contributed by atoms with Crippen molar-refractivity contribution in [2.45, 2.75) is 44.9 Å². The number of amides is 1. The zero-order chi connectivity index (χ0) is 13.9. The molecule has 4 nitrogen and oxygen atoms in total. The van der Waals surface area contributed by atoms with Crippen LogP contribution in [0, 0.1) is 0 Å². The molecule has 1 N–H and O–H groups in total. The first kappa shape index (κ1) is 13.9. The van der Waals surface area contributed by atoms with E-state index in [1.54, 1.807) is 0 Å². The number of hydrogen-bond acceptors (Lipinski definition) is 3. The molecule has 1 heterocycles. The van der Waals surface area contributed by atoms with Gasteiger partial charge in [-0.05, 0) is 26.3 Å². The lowest BCUT2D eigenvalue weighted by atomic mass is 10.0. The van der Waals surface area contributed by atoms with Crippen molar-refractivity contribution in [1.82, 2.24) is 5.32 Å². The molecule has 0 unspecified atom stereocenters. The minimum atomic E-state index is -0.485. The Balaban J connectivity index is 1.99. The first-order valence-corrected chi connectivity index (χ1v) is 6.60. The molecular weight excluding hydrogens is 242 g/mol. The lowest BCUT2D eigenvalue weighted by Gasteiger charge is -2.23. The van der Waals surface area contributed by atoms with E-state index < -0.39 is 5.60 Å². The minimum absolute atomic E-state index is 0.0662. The van der Waals surface area contributed by atoms with Gasteiger partial charge in [-0.1, -0.05) is 30.3 Å². The standard InChI is InChI=1S/C15H21NO3/c1-15(2,3)19-14(17)16-13(9-12-10-18-12)11-7-5-4-6-8-11/h4-8,12-13H,9-10H2,1-3H3,(H,16,17)/t12-,13-/m0/s1. The number of carbonyl (C=O) groups is 1. The highest BCUT2D eigenvalue weighted by Crippen LogP contribution is 2.25. The number of hydrogen-bond donors (Lipinski definition) is 1. The van der Waals surface area contributed by atoms with Gasteiger partial charge < -0.3 is 14.8 Å². The normalized spacial score (nSPS) is 19.6. The fourth-order valence-corrected chi connectivity index (χ4v) is 1.88. The predicted molar refractivity (Wildman–Crippen MR) is 72.9 cm³/mol. The highest BCUT2D eigenvalue weighted by molar-refractivity contribution is 5.68. The monoisotopic (exact) mass is 263 g/mol. The molecule has 1 aromatic carbocycles. The molecule has 0 aliphatic carbocycles. The third-order valence-electron chi connectivity index (χ3n) is 2.79. The summed E-state index contributed by atoms with van der Waals surface area (Å²) in [5.41, 5.74) is 0.588. The summed E-state index contributed by atoms with van der Waals surface area (Å²) in [6, 6.07) is 9.83. The van der Waals surface area contributed by atoms with Crippen LogP contribution in [0.15, 0.2) is 30.3 Å². The summed E-state index contributed by atoms with van der Waals surface area (Å²) >= 11 is 0. The molecule has 1 aromatic rings. The highest BCUT2D eigenvalue weighted by atomic mass is 16.6. The molecule has 0 saturated carbocycles. The van der Waals surface area contributed by atoms with E-state index in [2.05, 4.69) is 5.32 Å². The Kier molecular flexibility index (Phi) is 4.10. The molecule has 104 valence electrons. The van der Waals surface area contributed by atoms with E-state index in [1.165, 1.54) is 0 Å². The molecule has 1 aliphatic rings. The van der Waals surface area contributed by atoms with Gasteiger partial charge in [0.25, 0.3) is 0 Å². The summed E-state index contributed by atoms with van der Waals surface area (Å²) < 4.78 is 10.6. The topological polar surface area (TPSA) is 50.9 Å². The van der Waals surface area contributed by atoms with Gasteiger partial charge in [0.1, 0.15) is 5.60 Å². The van der Waals surface area contributed by atoms with E-state index in [0.717, 1.165) is 18.6 Å². The number of benzene rings is 1. The summed E-state index contributed by atoms with van der Waals surface area (Å²) in [4.78, 5) is 11.9. The molecule has 1 amide bonds. The molecule has 2 rings (SSSR count). The van der Waals surface area contributed by atoms with Crippen LogP contribution in [0.1, 0.15) is 38.8 Å². The van der Waals surface area contributed by atoms with Crippen LogP contribution in [0.5, 0.6) is 0 Å². The number of rotatable bonds is 4. The number of epoxide rings is 1. The molecule has 1 saturated heterocycles. The Morgan fingerprint density at radius 2 is 2.05 bits per heavy atom. The van der Waals surface area contributed by atoms with Gasteiger partial charge in [-0.2, -0.15) is 0 Å². The highest BCUT2D eigenvalue weighted by Gasteiger charge is 2.29. The Hall–Kier alpha value is -1.55. The molecule has 0 bridgehead atoms. The maximum atomic E-state index is 11.9. The number of carbonyl (C=O) groups excluding carboxylic acids is 1. The second kappa shape index (κ2) is 5.61.